The van der Waals surface area contributed by atoms with Gasteiger partial charge >= 0.3 is 0 Å². The molecule has 6 nitrogen and oxygen atoms in total. The Labute approximate surface area is 253 Å². The number of thioether (sulfide) groups is 1. The number of carbonyl (C=O) groups excluding carboxylic acids is 3. The van der Waals surface area contributed by atoms with Gasteiger partial charge in [0.15, 0.2) is 0 Å². The van der Waals surface area contributed by atoms with Crippen LogP contribution in [0.15, 0.2) is 108 Å². The molecule has 0 aromatic heterocycles. The third kappa shape index (κ3) is 8.72. The van der Waals surface area contributed by atoms with Gasteiger partial charge in [-0.2, -0.15) is 0 Å². The Kier molecular flexibility index (Phi) is 10.2. The number of hydrogen-bond acceptors (Lipinski definition) is 4. The molecule has 3 amide bonds. The quantitative estimate of drug-likeness (QED) is 0.134. The van der Waals surface area contributed by atoms with Crippen molar-refractivity contribution in [1.29, 1.82) is 0 Å². The van der Waals surface area contributed by atoms with Crippen LogP contribution in [0, 0.1) is 6.92 Å². The van der Waals surface area contributed by atoms with E-state index in [4.69, 9.17) is 23.2 Å². The number of anilines is 2. The molecular weight excluding hydrogens is 577 g/mol. The third-order valence-corrected chi connectivity index (χ3v) is 7.68. The molecule has 0 bridgehead atoms. The summed E-state index contributed by atoms with van der Waals surface area (Å²) in [6.45, 7) is 3.71. The molecule has 0 fully saturated rings. The van der Waals surface area contributed by atoms with E-state index >= 15 is 0 Å². The number of carbonyl (C=O) groups is 3. The molecule has 208 valence electrons. The largest absolute Gasteiger partial charge is 0.325 e. The van der Waals surface area contributed by atoms with Gasteiger partial charge in [0.1, 0.15) is 5.70 Å². The molecule has 0 saturated heterocycles. The van der Waals surface area contributed by atoms with Gasteiger partial charge in [-0.1, -0.05) is 59.6 Å². The highest BCUT2D eigenvalue weighted by Crippen LogP contribution is 2.27. The average Bonchev–Trinajstić information content (AvgIpc) is 2.96. The van der Waals surface area contributed by atoms with Gasteiger partial charge < -0.3 is 16.0 Å². The highest BCUT2D eigenvalue weighted by atomic mass is 35.5. The van der Waals surface area contributed by atoms with Crippen LogP contribution in [-0.4, -0.2) is 23.0 Å². The van der Waals surface area contributed by atoms with Crippen molar-refractivity contribution in [3.8, 4) is 0 Å². The highest BCUT2D eigenvalue weighted by molar-refractivity contribution is 8.00. The summed E-state index contributed by atoms with van der Waals surface area (Å²) < 4.78 is 0. The van der Waals surface area contributed by atoms with E-state index in [1.807, 2.05) is 38.1 Å². The molecule has 9 heteroatoms. The van der Waals surface area contributed by atoms with Gasteiger partial charge in [-0.05, 0) is 91.7 Å². The predicted molar refractivity (Wildman–Crippen MR) is 169 cm³/mol. The smallest absolute Gasteiger partial charge is 0.272 e. The van der Waals surface area contributed by atoms with E-state index in [0.717, 1.165) is 10.5 Å². The number of nitrogens with one attached hydrogen (secondary N) is 3. The average molecular weight is 605 g/mol. The maximum Gasteiger partial charge on any atom is 0.272 e. The Balaban J connectivity index is 1.42. The van der Waals surface area contributed by atoms with Gasteiger partial charge in [0, 0.05) is 31.9 Å². The van der Waals surface area contributed by atoms with E-state index in [-0.39, 0.29) is 16.9 Å². The summed E-state index contributed by atoms with van der Waals surface area (Å²) in [6.07, 6.45) is 1.56. The minimum atomic E-state index is -0.501. The van der Waals surface area contributed by atoms with Crippen molar-refractivity contribution >= 4 is 70.1 Å². The molecule has 4 rings (SSSR count). The van der Waals surface area contributed by atoms with E-state index in [0.29, 0.717) is 32.5 Å². The topological polar surface area (TPSA) is 87.3 Å². The zero-order chi connectivity index (χ0) is 29.4. The molecule has 1 unspecified atom stereocenters. The number of amides is 3. The van der Waals surface area contributed by atoms with Gasteiger partial charge in [0.2, 0.25) is 5.91 Å². The number of benzene rings is 4. The van der Waals surface area contributed by atoms with Crippen LogP contribution in [0.1, 0.15) is 28.4 Å². The van der Waals surface area contributed by atoms with Crippen molar-refractivity contribution in [2.45, 2.75) is 24.0 Å². The van der Waals surface area contributed by atoms with Gasteiger partial charge in [0.05, 0.1) is 5.25 Å². The number of rotatable bonds is 9. The van der Waals surface area contributed by atoms with Crippen molar-refractivity contribution in [2.24, 2.45) is 0 Å². The second-order valence-electron chi connectivity index (χ2n) is 9.12. The second-order valence-corrected chi connectivity index (χ2v) is 11.4. The molecule has 1 atom stereocenters. The lowest BCUT2D eigenvalue weighted by atomic mass is 10.1. The van der Waals surface area contributed by atoms with E-state index in [9.17, 15) is 14.4 Å². The Bertz CT molecular complexity index is 1590. The van der Waals surface area contributed by atoms with Crippen molar-refractivity contribution < 1.29 is 14.4 Å². The van der Waals surface area contributed by atoms with E-state index in [2.05, 4.69) is 16.0 Å². The molecule has 0 aliphatic carbocycles. The van der Waals surface area contributed by atoms with Gasteiger partial charge in [-0.15, -0.1) is 11.8 Å². The van der Waals surface area contributed by atoms with Crippen LogP contribution in [0.5, 0.6) is 0 Å². The lowest BCUT2D eigenvalue weighted by molar-refractivity contribution is -0.115. The monoisotopic (exact) mass is 603 g/mol. The van der Waals surface area contributed by atoms with Crippen molar-refractivity contribution in [3.05, 3.63) is 129 Å². The first-order valence-electron chi connectivity index (χ1n) is 12.7. The highest BCUT2D eigenvalue weighted by Gasteiger charge is 2.17. The molecule has 0 heterocycles. The van der Waals surface area contributed by atoms with Crippen molar-refractivity contribution in [1.82, 2.24) is 5.32 Å². The van der Waals surface area contributed by atoms with Gasteiger partial charge in [0.25, 0.3) is 11.8 Å². The Morgan fingerprint density at radius 2 is 1.51 bits per heavy atom. The van der Waals surface area contributed by atoms with E-state index in [1.54, 1.807) is 78.9 Å². The van der Waals surface area contributed by atoms with Crippen molar-refractivity contribution in [2.75, 3.05) is 10.6 Å². The first-order chi connectivity index (χ1) is 19.7. The SMILES string of the molecule is Cc1ccc(NC(=O)C(C)Sc2ccc(NC(=O)/C(=C/c3cccc(Cl)c3)NC(=O)c3ccccc3)cc2)cc1Cl. The zero-order valence-corrected chi connectivity index (χ0v) is 24.6. The van der Waals surface area contributed by atoms with Crippen LogP contribution in [0.3, 0.4) is 0 Å². The lowest BCUT2D eigenvalue weighted by Crippen LogP contribution is -2.30. The summed E-state index contributed by atoms with van der Waals surface area (Å²) in [4.78, 5) is 39.6. The van der Waals surface area contributed by atoms with Crippen LogP contribution in [0.2, 0.25) is 10.0 Å². The zero-order valence-electron chi connectivity index (χ0n) is 22.3. The Hall–Kier alpha value is -4.04. The third-order valence-electron chi connectivity index (χ3n) is 5.92. The van der Waals surface area contributed by atoms with E-state index in [1.165, 1.54) is 11.8 Å². The van der Waals surface area contributed by atoms with Crippen LogP contribution >= 0.6 is 35.0 Å². The summed E-state index contributed by atoms with van der Waals surface area (Å²) in [5, 5.41) is 9.13. The summed E-state index contributed by atoms with van der Waals surface area (Å²) in [6, 6.07) is 28.1. The summed E-state index contributed by atoms with van der Waals surface area (Å²) in [5.41, 5.74) is 3.23. The van der Waals surface area contributed by atoms with Crippen molar-refractivity contribution in [3.63, 3.8) is 0 Å². The minimum absolute atomic E-state index is 0.0565. The fourth-order valence-electron chi connectivity index (χ4n) is 3.69. The predicted octanol–water partition coefficient (Wildman–Crippen LogP) is 7.83. The summed E-state index contributed by atoms with van der Waals surface area (Å²) >= 11 is 13.7. The molecule has 4 aromatic carbocycles. The summed E-state index contributed by atoms with van der Waals surface area (Å²) in [5.74, 6) is -1.07. The van der Waals surface area contributed by atoms with Crippen LogP contribution in [0.25, 0.3) is 6.08 Å². The molecule has 0 aliphatic rings. The molecule has 0 aliphatic heterocycles. The molecule has 41 heavy (non-hydrogen) atoms. The fraction of sp³-hybridized carbons (Fsp3) is 0.0938. The molecule has 4 aromatic rings. The summed E-state index contributed by atoms with van der Waals surface area (Å²) in [7, 11) is 0. The van der Waals surface area contributed by atoms with Crippen LogP contribution < -0.4 is 16.0 Å². The van der Waals surface area contributed by atoms with Crippen LogP contribution in [-0.2, 0) is 9.59 Å². The second kappa shape index (κ2) is 14.0. The molecule has 3 N–H and O–H groups in total. The first kappa shape index (κ1) is 29.9. The maximum atomic E-state index is 13.2. The number of halogens is 2. The maximum absolute atomic E-state index is 13.2. The number of aryl methyl sites for hydroxylation is 1. The Morgan fingerprint density at radius 1 is 0.805 bits per heavy atom. The lowest BCUT2D eigenvalue weighted by Gasteiger charge is -2.14. The minimum Gasteiger partial charge on any atom is -0.325 e. The molecule has 0 radical (unpaired) electrons. The normalized spacial score (nSPS) is 11.9. The number of hydrogen-bond donors (Lipinski definition) is 3. The molecule has 0 saturated carbocycles. The molecule has 0 spiro atoms. The standard InChI is InChI=1S/C32H27Cl2N3O3S/c1-20-11-12-26(19-28(20)34)36-30(38)21(2)41-27-15-13-25(14-16-27)35-32(40)29(18-22-7-6-10-24(33)17-22)37-31(39)23-8-4-3-5-9-23/h3-19,21H,1-2H3,(H,35,40)(H,36,38)(H,37,39)/b29-18-. The van der Waals surface area contributed by atoms with Gasteiger partial charge in [-0.25, -0.2) is 0 Å². The van der Waals surface area contributed by atoms with E-state index < -0.39 is 11.8 Å². The first-order valence-corrected chi connectivity index (χ1v) is 14.3. The van der Waals surface area contributed by atoms with Crippen LogP contribution in [0.4, 0.5) is 11.4 Å². The van der Waals surface area contributed by atoms with Gasteiger partial charge in [-0.3, -0.25) is 14.4 Å². The fourth-order valence-corrected chi connectivity index (χ4v) is 4.94. The molecular formula is C32H27Cl2N3O3S. The Morgan fingerprint density at radius 3 is 2.20 bits per heavy atom.